The van der Waals surface area contributed by atoms with Gasteiger partial charge in [0.1, 0.15) is 0 Å². The molecule has 134 valence electrons. The number of hydrogen-bond donors (Lipinski definition) is 0. The summed E-state index contributed by atoms with van der Waals surface area (Å²) in [5.74, 6) is 0. The predicted molar refractivity (Wildman–Crippen MR) is 89.5 cm³/mol. The first kappa shape index (κ1) is 17.8. The Kier molecular flexibility index (Phi) is 5.27. The van der Waals surface area contributed by atoms with E-state index in [0.717, 1.165) is 5.56 Å². The lowest BCUT2D eigenvalue weighted by molar-refractivity contribution is -0.0315. The highest BCUT2D eigenvalue weighted by molar-refractivity contribution is 7.89. The first-order chi connectivity index (χ1) is 11.5. The molecular weight excluding hydrogens is 330 g/mol. The van der Waals surface area contributed by atoms with Crippen molar-refractivity contribution in [2.24, 2.45) is 0 Å². The number of morpholine rings is 1. The number of sulfonamides is 1. The second kappa shape index (κ2) is 7.09. The fourth-order valence-corrected chi connectivity index (χ4v) is 5.29. The van der Waals surface area contributed by atoms with E-state index in [1.807, 2.05) is 19.9 Å². The van der Waals surface area contributed by atoms with E-state index >= 15 is 0 Å². The van der Waals surface area contributed by atoms with Gasteiger partial charge < -0.3 is 14.2 Å². The predicted octanol–water partition coefficient (Wildman–Crippen LogP) is 1.58. The quantitative estimate of drug-likeness (QED) is 0.802. The molecule has 3 rings (SSSR count). The molecule has 0 amide bonds. The molecule has 0 bridgehead atoms. The summed E-state index contributed by atoms with van der Waals surface area (Å²) in [6.07, 6.45) is 0.500. The molecule has 0 aliphatic carbocycles. The van der Waals surface area contributed by atoms with Crippen LogP contribution in [0, 0.1) is 6.92 Å². The Bertz CT molecular complexity index is 677. The first-order valence-electron chi connectivity index (χ1n) is 8.34. The Hall–Kier alpha value is -0.990. The summed E-state index contributed by atoms with van der Waals surface area (Å²) >= 11 is 0. The first-order valence-corrected chi connectivity index (χ1v) is 9.78. The van der Waals surface area contributed by atoms with Gasteiger partial charge in [-0.25, -0.2) is 8.42 Å². The topological polar surface area (TPSA) is 65.1 Å². The zero-order chi connectivity index (χ0) is 17.2. The molecule has 0 radical (unpaired) electrons. The van der Waals surface area contributed by atoms with E-state index in [1.165, 1.54) is 0 Å². The molecule has 2 saturated heterocycles. The van der Waals surface area contributed by atoms with Crippen LogP contribution in [0.1, 0.15) is 18.9 Å². The molecule has 0 unspecified atom stereocenters. The van der Waals surface area contributed by atoms with Crippen LogP contribution in [-0.2, 0) is 24.2 Å². The van der Waals surface area contributed by atoms with E-state index in [0.29, 0.717) is 50.9 Å². The van der Waals surface area contributed by atoms with Crippen molar-refractivity contribution in [1.29, 1.82) is 0 Å². The van der Waals surface area contributed by atoms with Crippen LogP contribution in [0.25, 0.3) is 0 Å². The van der Waals surface area contributed by atoms with Gasteiger partial charge in [0, 0.05) is 13.2 Å². The molecule has 0 N–H and O–H groups in total. The summed E-state index contributed by atoms with van der Waals surface area (Å²) in [7, 11) is -3.59. The number of aryl methyl sites for hydroxylation is 1. The summed E-state index contributed by atoms with van der Waals surface area (Å²) in [5.41, 5.74) is 0.290. The van der Waals surface area contributed by atoms with Crippen molar-refractivity contribution < 1.29 is 22.6 Å². The molecule has 2 aliphatic rings. The van der Waals surface area contributed by atoms with Crippen LogP contribution in [0.15, 0.2) is 29.2 Å². The fourth-order valence-electron chi connectivity index (χ4n) is 3.44. The molecule has 7 heteroatoms. The average molecular weight is 355 g/mol. The van der Waals surface area contributed by atoms with Crippen LogP contribution in [0.5, 0.6) is 0 Å². The average Bonchev–Trinajstić information content (AvgIpc) is 2.96. The van der Waals surface area contributed by atoms with Crippen molar-refractivity contribution in [3.05, 3.63) is 29.8 Å². The molecule has 2 fully saturated rings. The summed E-state index contributed by atoms with van der Waals surface area (Å²) < 4.78 is 44.9. The molecule has 0 saturated carbocycles. The largest absolute Gasteiger partial charge is 0.379 e. The van der Waals surface area contributed by atoms with Crippen molar-refractivity contribution in [3.63, 3.8) is 0 Å². The fraction of sp³-hybridized carbons (Fsp3) is 0.647. The Morgan fingerprint density at radius 2 is 2.21 bits per heavy atom. The smallest absolute Gasteiger partial charge is 0.243 e. The van der Waals surface area contributed by atoms with E-state index in [-0.39, 0.29) is 6.10 Å². The maximum Gasteiger partial charge on any atom is 0.243 e. The second-order valence-electron chi connectivity index (χ2n) is 6.47. The molecule has 1 spiro atoms. The summed E-state index contributed by atoms with van der Waals surface area (Å²) in [6.45, 7) is 6.39. The maximum absolute atomic E-state index is 13.2. The van der Waals surface area contributed by atoms with Crippen molar-refractivity contribution >= 4 is 10.0 Å². The van der Waals surface area contributed by atoms with Gasteiger partial charge in [0.15, 0.2) is 0 Å². The summed E-state index contributed by atoms with van der Waals surface area (Å²) in [4.78, 5) is 0.331. The van der Waals surface area contributed by atoms with Gasteiger partial charge in [-0.15, -0.1) is 0 Å². The lowest BCUT2D eigenvalue weighted by atomic mass is 9.96. The van der Waals surface area contributed by atoms with Gasteiger partial charge in [-0.1, -0.05) is 12.1 Å². The van der Waals surface area contributed by atoms with Crippen LogP contribution in [0.3, 0.4) is 0 Å². The number of benzene rings is 1. The Morgan fingerprint density at radius 3 is 2.96 bits per heavy atom. The Balaban J connectivity index is 1.87. The number of nitrogens with zero attached hydrogens (tertiary/aromatic N) is 1. The third-order valence-corrected chi connectivity index (χ3v) is 6.62. The third kappa shape index (κ3) is 3.36. The molecule has 1 aromatic rings. The molecule has 2 atom stereocenters. The Labute approximate surface area is 143 Å². The minimum absolute atomic E-state index is 0.0955. The maximum atomic E-state index is 13.2. The van der Waals surface area contributed by atoms with Crippen LogP contribution in [0.2, 0.25) is 0 Å². The molecule has 1 aromatic carbocycles. The van der Waals surface area contributed by atoms with Crippen LogP contribution in [-0.4, -0.2) is 63.9 Å². The van der Waals surface area contributed by atoms with Crippen LogP contribution in [0.4, 0.5) is 0 Å². The normalized spacial score (nSPS) is 28.5. The molecule has 0 aromatic heterocycles. The van der Waals surface area contributed by atoms with E-state index in [9.17, 15) is 8.42 Å². The number of rotatable bonds is 5. The highest BCUT2D eigenvalue weighted by Gasteiger charge is 2.51. The second-order valence-corrected chi connectivity index (χ2v) is 8.33. The van der Waals surface area contributed by atoms with Crippen molar-refractivity contribution in [3.8, 4) is 0 Å². The zero-order valence-electron chi connectivity index (χ0n) is 14.2. The lowest BCUT2D eigenvalue weighted by Gasteiger charge is -2.42. The summed E-state index contributed by atoms with van der Waals surface area (Å²) in [6, 6.07) is 7.04. The SMILES string of the molecule is CCOC[C@H]1C[C@@]2(COCCN2S(=O)(=O)c2cccc(C)c2)CO1. The van der Waals surface area contributed by atoms with Crippen LogP contribution < -0.4 is 0 Å². The van der Waals surface area contributed by atoms with E-state index < -0.39 is 15.6 Å². The highest BCUT2D eigenvalue weighted by atomic mass is 32.2. The van der Waals surface area contributed by atoms with E-state index in [1.54, 1.807) is 22.5 Å². The number of hydrogen-bond acceptors (Lipinski definition) is 5. The molecule has 2 aliphatic heterocycles. The van der Waals surface area contributed by atoms with Crippen LogP contribution >= 0.6 is 0 Å². The molecular formula is C17H25NO5S. The standard InChI is InChI=1S/C17H25NO5S/c1-3-21-11-15-10-17(13-23-15)12-22-8-7-18(17)24(19,20)16-6-4-5-14(2)9-16/h4-6,9,15H,3,7-8,10-13H2,1-2H3/t15-,17-/m1/s1. The van der Waals surface area contributed by atoms with E-state index in [2.05, 4.69) is 0 Å². The van der Waals surface area contributed by atoms with Gasteiger partial charge in [-0.05, 0) is 38.0 Å². The van der Waals surface area contributed by atoms with Gasteiger partial charge in [0.05, 0.1) is 43.0 Å². The van der Waals surface area contributed by atoms with Gasteiger partial charge in [-0.2, -0.15) is 4.31 Å². The van der Waals surface area contributed by atoms with Crippen molar-refractivity contribution in [1.82, 2.24) is 4.31 Å². The minimum atomic E-state index is -3.59. The van der Waals surface area contributed by atoms with E-state index in [4.69, 9.17) is 14.2 Å². The minimum Gasteiger partial charge on any atom is -0.379 e. The zero-order valence-corrected chi connectivity index (χ0v) is 15.0. The lowest BCUT2D eigenvalue weighted by Crippen LogP contribution is -2.59. The van der Waals surface area contributed by atoms with Crippen molar-refractivity contribution in [2.45, 2.75) is 36.8 Å². The van der Waals surface area contributed by atoms with Gasteiger partial charge >= 0.3 is 0 Å². The third-order valence-electron chi connectivity index (χ3n) is 4.62. The van der Waals surface area contributed by atoms with Gasteiger partial charge in [0.25, 0.3) is 0 Å². The van der Waals surface area contributed by atoms with Gasteiger partial charge in [0.2, 0.25) is 10.0 Å². The monoisotopic (exact) mass is 355 g/mol. The molecule has 6 nitrogen and oxygen atoms in total. The van der Waals surface area contributed by atoms with Crippen molar-refractivity contribution in [2.75, 3.05) is 39.6 Å². The summed E-state index contributed by atoms with van der Waals surface area (Å²) in [5, 5.41) is 0. The molecule has 24 heavy (non-hydrogen) atoms. The highest BCUT2D eigenvalue weighted by Crippen LogP contribution is 2.37. The Morgan fingerprint density at radius 1 is 1.38 bits per heavy atom. The number of ether oxygens (including phenoxy) is 3. The molecule has 2 heterocycles. The van der Waals surface area contributed by atoms with Gasteiger partial charge in [-0.3, -0.25) is 0 Å².